The van der Waals surface area contributed by atoms with E-state index < -0.39 is 0 Å². The highest BCUT2D eigenvalue weighted by Gasteiger charge is 2.22. The van der Waals surface area contributed by atoms with Gasteiger partial charge in [-0.05, 0) is 37.2 Å². The highest BCUT2D eigenvalue weighted by atomic mass is 32.1. The zero-order valence-electron chi connectivity index (χ0n) is 19.6. The van der Waals surface area contributed by atoms with Crippen LogP contribution in [0.4, 0.5) is 0 Å². The van der Waals surface area contributed by atoms with Crippen molar-refractivity contribution >= 4 is 38.6 Å². The fourth-order valence-corrected chi connectivity index (χ4v) is 6.01. The van der Waals surface area contributed by atoms with Crippen LogP contribution in [0.15, 0.2) is 28.8 Å². The van der Waals surface area contributed by atoms with Gasteiger partial charge in [0.2, 0.25) is 4.96 Å². The van der Waals surface area contributed by atoms with E-state index in [0.717, 1.165) is 47.8 Å². The summed E-state index contributed by atoms with van der Waals surface area (Å²) in [4.78, 5) is 11.2. The molecule has 0 saturated carbocycles. The van der Waals surface area contributed by atoms with Crippen molar-refractivity contribution in [2.75, 3.05) is 27.4 Å². The Kier molecular flexibility index (Phi) is 5.83. The number of thiazole rings is 1. The maximum Gasteiger partial charge on any atom is 0.294 e. The molecule has 9 nitrogen and oxygen atoms in total. The lowest BCUT2D eigenvalue weighted by Gasteiger charge is -2.19. The van der Waals surface area contributed by atoms with Gasteiger partial charge in [0, 0.05) is 36.1 Å². The molecule has 1 aromatic carbocycles. The molecule has 5 heterocycles. The number of ether oxygens (including phenoxy) is 4. The molecular weight excluding hydrogens is 488 g/mol. The largest absolute Gasteiger partial charge is 0.496 e. The number of imidazole rings is 1. The van der Waals surface area contributed by atoms with E-state index in [4.69, 9.17) is 28.3 Å². The first-order valence-corrected chi connectivity index (χ1v) is 12.9. The van der Waals surface area contributed by atoms with Gasteiger partial charge in [-0.25, -0.2) is 9.97 Å². The Hall–Kier alpha value is -3.15. The smallest absolute Gasteiger partial charge is 0.294 e. The number of rotatable bonds is 7. The first kappa shape index (κ1) is 22.3. The van der Waals surface area contributed by atoms with Crippen LogP contribution in [0.25, 0.3) is 27.4 Å². The van der Waals surface area contributed by atoms with Gasteiger partial charge in [0.25, 0.3) is 5.19 Å². The molecule has 1 aliphatic heterocycles. The van der Waals surface area contributed by atoms with Crippen molar-refractivity contribution in [3.05, 3.63) is 40.0 Å². The predicted octanol–water partition coefficient (Wildman–Crippen LogP) is 5.46. The van der Waals surface area contributed by atoms with Gasteiger partial charge in [-0.1, -0.05) is 0 Å². The summed E-state index contributed by atoms with van der Waals surface area (Å²) in [5.74, 6) is 2.43. The Labute approximate surface area is 209 Å². The van der Waals surface area contributed by atoms with E-state index in [2.05, 4.69) is 17.0 Å². The van der Waals surface area contributed by atoms with Crippen LogP contribution in [0, 0.1) is 6.92 Å². The second-order valence-electron chi connectivity index (χ2n) is 8.29. The van der Waals surface area contributed by atoms with Crippen molar-refractivity contribution in [3.63, 3.8) is 0 Å². The molecule has 1 fully saturated rings. The zero-order chi connectivity index (χ0) is 23.9. The van der Waals surface area contributed by atoms with Crippen LogP contribution in [0.3, 0.4) is 0 Å². The lowest BCUT2D eigenvalue weighted by Crippen LogP contribution is -2.14. The molecule has 5 aromatic rings. The Morgan fingerprint density at radius 1 is 1.11 bits per heavy atom. The third-order valence-electron chi connectivity index (χ3n) is 6.15. The average molecular weight is 513 g/mol. The molecule has 0 spiro atoms. The molecule has 11 heteroatoms. The molecular formula is C24H24N4O5S2. The van der Waals surface area contributed by atoms with Gasteiger partial charge in [0.15, 0.2) is 5.76 Å². The number of hydrogen-bond acceptors (Lipinski definition) is 10. The van der Waals surface area contributed by atoms with E-state index in [0.29, 0.717) is 40.6 Å². The van der Waals surface area contributed by atoms with Gasteiger partial charge in [0.1, 0.15) is 29.4 Å². The first-order chi connectivity index (χ1) is 17.1. The van der Waals surface area contributed by atoms with Gasteiger partial charge in [-0.3, -0.25) is 0 Å². The molecule has 0 amide bonds. The summed E-state index contributed by atoms with van der Waals surface area (Å²) in [7, 11) is 3.22. The predicted molar refractivity (Wildman–Crippen MR) is 133 cm³/mol. The fraction of sp³-hybridized carbons (Fsp3) is 0.375. The Morgan fingerprint density at radius 3 is 2.77 bits per heavy atom. The minimum Gasteiger partial charge on any atom is -0.496 e. The van der Waals surface area contributed by atoms with E-state index in [1.807, 2.05) is 18.2 Å². The lowest BCUT2D eigenvalue weighted by molar-refractivity contribution is 0.0852. The van der Waals surface area contributed by atoms with Crippen LogP contribution in [-0.2, 0) is 11.3 Å². The molecule has 182 valence electrons. The van der Waals surface area contributed by atoms with Crippen molar-refractivity contribution in [1.29, 1.82) is 0 Å². The summed E-state index contributed by atoms with van der Waals surface area (Å²) in [6.45, 7) is 4.08. The van der Waals surface area contributed by atoms with Crippen LogP contribution in [0.2, 0.25) is 0 Å². The van der Waals surface area contributed by atoms with Crippen LogP contribution < -0.4 is 14.2 Å². The van der Waals surface area contributed by atoms with Gasteiger partial charge in [0.05, 0.1) is 36.5 Å². The average Bonchev–Trinajstić information content (AvgIpc) is 3.65. The number of furan rings is 1. The Morgan fingerprint density at radius 2 is 1.97 bits per heavy atom. The normalized spacial score (nSPS) is 14.7. The SMILES string of the molecule is COc1cc(OCc2nc(C3CCOCC3)sc2C)c2cc(-c3cnc4sc(OC)nn34)oc2c1. The molecule has 0 bridgehead atoms. The van der Waals surface area contributed by atoms with Gasteiger partial charge < -0.3 is 23.4 Å². The van der Waals surface area contributed by atoms with Crippen molar-refractivity contribution in [3.8, 4) is 28.1 Å². The number of nitrogens with zero attached hydrogens (tertiary/aromatic N) is 4. The molecule has 6 rings (SSSR count). The molecule has 35 heavy (non-hydrogen) atoms. The quantitative estimate of drug-likeness (QED) is 0.284. The maximum atomic E-state index is 6.29. The summed E-state index contributed by atoms with van der Waals surface area (Å²) in [6.07, 6.45) is 3.78. The number of methoxy groups -OCH3 is 2. The minimum atomic E-state index is 0.370. The monoisotopic (exact) mass is 512 g/mol. The second kappa shape index (κ2) is 9.14. The molecule has 0 aliphatic carbocycles. The van der Waals surface area contributed by atoms with Crippen molar-refractivity contribution in [2.45, 2.75) is 32.3 Å². The molecule has 0 radical (unpaired) electrons. The van der Waals surface area contributed by atoms with Crippen LogP contribution >= 0.6 is 22.7 Å². The van der Waals surface area contributed by atoms with Gasteiger partial charge in [-0.15, -0.1) is 16.4 Å². The van der Waals surface area contributed by atoms with Gasteiger partial charge in [-0.2, -0.15) is 4.52 Å². The standard InChI is InChI=1S/C24H24N4O5S2/c1-13-17(26-22(34-13)14-4-6-31-7-5-14)12-32-19-8-15(29-2)9-20-16(19)10-21(33-20)18-11-25-23-28(18)27-24(30-3)35-23/h8-11,14H,4-7,12H2,1-3H3. The second-order valence-corrected chi connectivity index (χ2v) is 10.4. The molecule has 0 atom stereocenters. The van der Waals surface area contributed by atoms with Crippen LogP contribution in [-0.4, -0.2) is 47.0 Å². The van der Waals surface area contributed by atoms with Crippen molar-refractivity contribution in [1.82, 2.24) is 19.6 Å². The van der Waals surface area contributed by atoms with E-state index >= 15 is 0 Å². The number of hydrogen-bond donors (Lipinski definition) is 0. The third kappa shape index (κ3) is 4.13. The molecule has 4 aromatic heterocycles. The maximum absolute atomic E-state index is 6.29. The summed E-state index contributed by atoms with van der Waals surface area (Å²) in [6, 6.07) is 5.67. The van der Waals surface area contributed by atoms with Gasteiger partial charge >= 0.3 is 0 Å². The summed E-state index contributed by atoms with van der Waals surface area (Å²) >= 11 is 3.13. The summed E-state index contributed by atoms with van der Waals surface area (Å²) in [5, 5.41) is 7.00. The number of aryl methyl sites for hydroxylation is 1. The number of aromatic nitrogens is 4. The van der Waals surface area contributed by atoms with Crippen LogP contribution in [0.5, 0.6) is 16.7 Å². The summed E-state index contributed by atoms with van der Waals surface area (Å²) in [5.41, 5.74) is 2.35. The van der Waals surface area contributed by atoms with E-state index in [-0.39, 0.29) is 0 Å². The third-order valence-corrected chi connectivity index (χ3v) is 8.21. The molecule has 1 aliphatic rings. The highest BCUT2D eigenvalue weighted by molar-refractivity contribution is 7.18. The number of benzene rings is 1. The van der Waals surface area contributed by atoms with E-state index in [1.165, 1.54) is 21.2 Å². The Balaban J connectivity index is 1.31. The lowest BCUT2D eigenvalue weighted by atomic mass is 10.0. The van der Waals surface area contributed by atoms with Crippen molar-refractivity contribution < 1.29 is 23.4 Å². The molecule has 0 N–H and O–H groups in total. The molecule has 1 saturated heterocycles. The highest BCUT2D eigenvalue weighted by Crippen LogP contribution is 2.38. The zero-order valence-corrected chi connectivity index (χ0v) is 21.2. The topological polar surface area (TPSA) is 93.1 Å². The van der Waals surface area contributed by atoms with Crippen LogP contribution in [0.1, 0.15) is 34.3 Å². The minimum absolute atomic E-state index is 0.370. The number of fused-ring (bicyclic) bond motifs is 2. The Bertz CT molecular complexity index is 1490. The molecule has 0 unspecified atom stereocenters. The summed E-state index contributed by atoms with van der Waals surface area (Å²) < 4.78 is 30.4. The van der Waals surface area contributed by atoms with E-state index in [1.54, 1.807) is 36.3 Å². The van der Waals surface area contributed by atoms with E-state index in [9.17, 15) is 0 Å². The van der Waals surface area contributed by atoms with Crippen molar-refractivity contribution in [2.24, 2.45) is 0 Å². The fourth-order valence-electron chi connectivity index (χ4n) is 4.22. The first-order valence-electron chi connectivity index (χ1n) is 11.3.